The van der Waals surface area contributed by atoms with Gasteiger partial charge in [0.1, 0.15) is 18.3 Å². The van der Waals surface area contributed by atoms with Gasteiger partial charge in [0.25, 0.3) is 23.6 Å². The Morgan fingerprint density at radius 1 is 0.397 bits per heavy atom. The second kappa shape index (κ2) is 32.2. The van der Waals surface area contributed by atoms with E-state index in [1.165, 1.54) is 34.6 Å². The molecular weight excluding hydrogens is 957 g/mol. The van der Waals surface area contributed by atoms with Crippen LogP contribution in [0.4, 0.5) is 11.4 Å². The highest BCUT2D eigenvalue weighted by atomic mass is 16.4. The molecule has 414 valence electrons. The second-order valence-corrected chi connectivity index (χ2v) is 17.0. The van der Waals surface area contributed by atoms with Crippen LogP contribution in [0.5, 0.6) is 0 Å². The molecular formula is C50H82N6O17. The minimum Gasteiger partial charge on any atom is -0.395 e. The summed E-state index contributed by atoms with van der Waals surface area (Å²) < 4.78 is 0. The van der Waals surface area contributed by atoms with Crippen LogP contribution in [0.15, 0.2) is 0 Å². The molecule has 0 aliphatic rings. The molecule has 0 heterocycles. The number of carbonyl (C=O) groups is 6. The Labute approximate surface area is 428 Å². The molecule has 3 unspecified atom stereocenters. The summed E-state index contributed by atoms with van der Waals surface area (Å²) in [5, 5.41) is 114. The highest BCUT2D eigenvalue weighted by molar-refractivity contribution is 6.09. The summed E-state index contributed by atoms with van der Waals surface area (Å²) in [5.41, 5.74) is 0.355. The van der Waals surface area contributed by atoms with Gasteiger partial charge in [0.05, 0.1) is 77.3 Å². The quantitative estimate of drug-likeness (QED) is 0.0420. The number of amides is 6. The highest BCUT2D eigenvalue weighted by Gasteiger charge is 2.38. The summed E-state index contributed by atoms with van der Waals surface area (Å²) >= 11 is 0. The Hall–Kier alpha value is -5.18. The van der Waals surface area contributed by atoms with E-state index in [1.54, 1.807) is 6.92 Å². The highest BCUT2D eigenvalue weighted by Crippen LogP contribution is 2.39. The first-order chi connectivity index (χ1) is 34.6. The van der Waals surface area contributed by atoms with Crippen LogP contribution in [0.3, 0.4) is 0 Å². The second-order valence-electron chi connectivity index (χ2n) is 17.0. The van der Waals surface area contributed by atoms with Crippen molar-refractivity contribution in [1.82, 2.24) is 19.6 Å². The monoisotopic (exact) mass is 1040 g/mol. The van der Waals surface area contributed by atoms with E-state index in [9.17, 15) is 84.9 Å². The largest absolute Gasteiger partial charge is 0.395 e. The minimum absolute atomic E-state index is 0.0301. The Morgan fingerprint density at radius 2 is 0.630 bits per heavy atom. The summed E-state index contributed by atoms with van der Waals surface area (Å²) in [5.74, 6) is -4.46. The normalized spacial score (nSPS) is 12.3. The molecule has 23 nitrogen and oxygen atoms in total. The zero-order valence-electron chi connectivity index (χ0n) is 44.2. The molecule has 0 aromatic heterocycles. The van der Waals surface area contributed by atoms with Crippen molar-refractivity contribution in [2.45, 2.75) is 94.0 Å². The van der Waals surface area contributed by atoms with E-state index in [2.05, 4.69) is 0 Å². The third-order valence-electron chi connectivity index (χ3n) is 12.4. The minimum atomic E-state index is -2.16. The third kappa shape index (κ3) is 15.9. The number of carbonyl (C=O) groups excluding carboxylic acids is 6. The Bertz CT molecular complexity index is 2100. The third-order valence-corrected chi connectivity index (χ3v) is 12.4. The smallest absolute Gasteiger partial charge is 0.254 e. The molecule has 2 aromatic rings. The molecule has 3 atom stereocenters. The number of hydrogen-bond donors (Lipinski definition) is 11. The van der Waals surface area contributed by atoms with Gasteiger partial charge in [-0.2, -0.15) is 0 Å². The zero-order valence-corrected chi connectivity index (χ0v) is 44.2. The van der Waals surface area contributed by atoms with E-state index in [0.717, 1.165) is 43.2 Å². The lowest BCUT2D eigenvalue weighted by Crippen LogP contribution is -2.51. The van der Waals surface area contributed by atoms with Gasteiger partial charge in [0, 0.05) is 88.5 Å². The molecule has 0 fully saturated rings. The number of aliphatic hydroxyl groups excluding tert-OH is 11. The Kier molecular flexibility index (Phi) is 29.0. The van der Waals surface area contributed by atoms with E-state index in [4.69, 9.17) is 0 Å². The maximum absolute atomic E-state index is 14.4. The number of aliphatic hydroxyl groups is 11. The van der Waals surface area contributed by atoms with Crippen molar-refractivity contribution < 1.29 is 84.9 Å². The first-order valence-corrected chi connectivity index (χ1v) is 24.5. The van der Waals surface area contributed by atoms with Crippen LogP contribution < -0.4 is 9.80 Å². The van der Waals surface area contributed by atoms with Crippen molar-refractivity contribution in [3.63, 3.8) is 0 Å². The molecule has 0 aliphatic carbocycles. The molecule has 2 aromatic carbocycles. The van der Waals surface area contributed by atoms with E-state index in [0.29, 0.717) is 0 Å². The number of anilines is 2. The van der Waals surface area contributed by atoms with Crippen LogP contribution >= 0.6 is 0 Å². The van der Waals surface area contributed by atoms with Crippen LogP contribution in [0, 0.1) is 34.6 Å². The van der Waals surface area contributed by atoms with Crippen LogP contribution in [0.2, 0.25) is 0 Å². The summed E-state index contributed by atoms with van der Waals surface area (Å²) in [6, 6.07) is 0. The molecule has 11 N–H and O–H groups in total. The van der Waals surface area contributed by atoms with Crippen molar-refractivity contribution in [3.8, 4) is 0 Å². The number of rotatable bonds is 29. The first-order valence-electron chi connectivity index (χ1n) is 24.5. The lowest BCUT2D eigenvalue weighted by atomic mass is 9.87. The van der Waals surface area contributed by atoms with Crippen LogP contribution in [-0.4, -0.2) is 248 Å². The summed E-state index contributed by atoms with van der Waals surface area (Å²) in [6.07, 6.45) is -6.18. The van der Waals surface area contributed by atoms with Crippen molar-refractivity contribution in [2.24, 2.45) is 0 Å². The lowest BCUT2D eigenvalue weighted by molar-refractivity contribution is -0.117. The van der Waals surface area contributed by atoms with E-state index >= 15 is 0 Å². The maximum atomic E-state index is 14.4. The van der Waals surface area contributed by atoms with Gasteiger partial charge in [-0.3, -0.25) is 28.8 Å². The fourth-order valence-corrected chi connectivity index (χ4v) is 9.13. The van der Waals surface area contributed by atoms with Crippen molar-refractivity contribution in [2.75, 3.05) is 128 Å². The molecule has 6 amide bonds. The molecule has 0 bridgehead atoms. The van der Waals surface area contributed by atoms with Gasteiger partial charge in [-0.25, -0.2) is 0 Å². The summed E-state index contributed by atoms with van der Waals surface area (Å²) in [6.45, 7) is 7.97. The number of benzene rings is 2. The summed E-state index contributed by atoms with van der Waals surface area (Å²) in [4.78, 5) is 91.3. The topological polar surface area (TPSA) is 344 Å². The van der Waals surface area contributed by atoms with Crippen LogP contribution in [0.1, 0.15) is 109 Å². The fraction of sp³-hybridized carbons (Fsp3) is 0.640. The predicted octanol–water partition coefficient (Wildman–Crippen LogP) is -1.99. The van der Waals surface area contributed by atoms with Gasteiger partial charge in [-0.15, -0.1) is 0 Å². The van der Waals surface area contributed by atoms with E-state index in [1.807, 2.05) is 13.8 Å². The van der Waals surface area contributed by atoms with Gasteiger partial charge >= 0.3 is 0 Å². The van der Waals surface area contributed by atoms with Gasteiger partial charge in [0.15, 0.2) is 0 Å². The van der Waals surface area contributed by atoms with Crippen molar-refractivity contribution in [1.29, 1.82) is 0 Å². The molecule has 0 spiro atoms. The van der Waals surface area contributed by atoms with E-state index < -0.39 is 120 Å². The van der Waals surface area contributed by atoms with Gasteiger partial charge in [0.2, 0.25) is 11.8 Å². The SMILES string of the molecule is CC.CCc1c(C(=O)N(CCO)CCO)c(C)c(C(=O)N(CCO)CCO)c(C)c1N(CC(O)C(O)C(O)CN(C(C)=O)c1c(C)c(C(=O)N(CCO)CCO)c(C)c(C(=O)N(CCO)CCO)c1C)C(C)=O. The molecule has 0 radical (unpaired) electrons. The fourth-order valence-electron chi connectivity index (χ4n) is 9.13. The number of nitrogens with zero attached hydrogens (tertiary/aromatic N) is 6. The first kappa shape index (κ1) is 65.8. The van der Waals surface area contributed by atoms with Crippen LogP contribution in [0.25, 0.3) is 0 Å². The van der Waals surface area contributed by atoms with Crippen LogP contribution in [-0.2, 0) is 16.0 Å². The Morgan fingerprint density at radius 3 is 0.877 bits per heavy atom. The lowest BCUT2D eigenvalue weighted by Gasteiger charge is -2.36. The predicted molar refractivity (Wildman–Crippen MR) is 272 cm³/mol. The molecule has 0 aliphatic heterocycles. The maximum Gasteiger partial charge on any atom is 0.254 e. The molecule has 0 saturated heterocycles. The Balaban J connectivity index is 0.0000131. The van der Waals surface area contributed by atoms with Gasteiger partial charge < -0.3 is 85.6 Å². The van der Waals surface area contributed by atoms with E-state index in [-0.39, 0.29) is 126 Å². The zero-order chi connectivity index (χ0) is 56.0. The molecule has 0 saturated carbocycles. The molecule has 23 heteroatoms. The average Bonchev–Trinajstić information content (AvgIpc) is 3.34. The summed E-state index contributed by atoms with van der Waals surface area (Å²) in [7, 11) is 0. The standard InChI is InChI=1S/C48H76N6O17.C2H6/c1-9-35-41(48(71)52(16-24-61)17-25-62)29(3)40(47(70)51(14-22-59)15-23-60)32(6)43(35)54(34(8)64)27-37(66)44(67)36(65)26-53(33(7)63)42-30(4)38(45(68)49(10-18-55)11-19-56)28(2)39(31(42)5)46(69)50(12-20-57)13-21-58;1-2/h36-37,44,55-62,65-67H,9-27H2,1-8H3;1-2H3. The molecule has 2 rings (SSSR count). The van der Waals surface area contributed by atoms with Crippen molar-refractivity contribution in [3.05, 3.63) is 55.6 Å². The molecule has 73 heavy (non-hydrogen) atoms. The van der Waals surface area contributed by atoms with Crippen molar-refractivity contribution >= 4 is 46.8 Å². The number of hydrogen-bond acceptors (Lipinski definition) is 17. The average molecular weight is 1040 g/mol. The van der Waals surface area contributed by atoms with Gasteiger partial charge in [-0.1, -0.05) is 20.8 Å². The van der Waals surface area contributed by atoms with Gasteiger partial charge in [-0.05, 0) is 74.4 Å².